The number of nitrogens with one attached hydrogen (secondary N) is 1. The Hall–Kier alpha value is -0.610. The van der Waals surface area contributed by atoms with Crippen LogP contribution in [0.2, 0.25) is 0 Å². The van der Waals surface area contributed by atoms with Gasteiger partial charge < -0.3 is 5.32 Å². The van der Waals surface area contributed by atoms with Crippen LogP contribution in [0, 0.1) is 11.6 Å². The molecule has 0 spiro atoms. The second-order valence-corrected chi connectivity index (χ2v) is 5.48. The molecule has 0 saturated heterocycles. The maximum atomic E-state index is 13.9. The molecular weight excluding hydrogens is 240 g/mol. The Labute approximate surface area is 105 Å². The van der Waals surface area contributed by atoms with Gasteiger partial charge in [-0.2, -0.15) is 11.8 Å². The molecule has 1 aliphatic heterocycles. The van der Waals surface area contributed by atoms with Gasteiger partial charge in [0.25, 0.3) is 0 Å². The largest absolute Gasteiger partial charge is 0.309 e. The lowest BCUT2D eigenvalue weighted by Gasteiger charge is -2.33. The molecule has 0 bridgehead atoms. The molecule has 1 N–H and O–H groups in total. The van der Waals surface area contributed by atoms with Gasteiger partial charge in [-0.3, -0.25) is 0 Å². The second-order valence-electron chi connectivity index (χ2n) is 4.25. The fourth-order valence-electron chi connectivity index (χ4n) is 2.39. The minimum Gasteiger partial charge on any atom is -0.309 e. The van der Waals surface area contributed by atoms with Crippen LogP contribution in [0.15, 0.2) is 12.1 Å². The zero-order chi connectivity index (χ0) is 12.4. The van der Waals surface area contributed by atoms with Crippen LogP contribution >= 0.6 is 11.8 Å². The van der Waals surface area contributed by atoms with Crippen molar-refractivity contribution in [1.29, 1.82) is 0 Å². The molecule has 0 aromatic heterocycles. The van der Waals surface area contributed by atoms with Crippen LogP contribution in [-0.4, -0.2) is 11.8 Å². The van der Waals surface area contributed by atoms with E-state index >= 15 is 0 Å². The van der Waals surface area contributed by atoms with Gasteiger partial charge >= 0.3 is 0 Å². The normalized spacial score (nSPS) is 23.5. The highest BCUT2D eigenvalue weighted by Crippen LogP contribution is 2.40. The minimum absolute atomic E-state index is 0.000602. The summed E-state index contributed by atoms with van der Waals surface area (Å²) in [6, 6.07) is 2.45. The molecule has 0 aliphatic carbocycles. The highest BCUT2D eigenvalue weighted by atomic mass is 32.2. The van der Waals surface area contributed by atoms with Gasteiger partial charge in [0, 0.05) is 28.7 Å². The molecule has 0 amide bonds. The number of benzene rings is 1. The van der Waals surface area contributed by atoms with Gasteiger partial charge in [-0.15, -0.1) is 0 Å². The van der Waals surface area contributed by atoms with Crippen molar-refractivity contribution in [3.63, 3.8) is 0 Å². The van der Waals surface area contributed by atoms with Gasteiger partial charge in [-0.25, -0.2) is 8.78 Å². The maximum absolute atomic E-state index is 13.9. The Bertz CT molecular complexity index is 409. The fraction of sp³-hybridized carbons (Fsp3) is 0.538. The van der Waals surface area contributed by atoms with Gasteiger partial charge in [0.15, 0.2) is 0 Å². The Morgan fingerprint density at radius 1 is 1.35 bits per heavy atom. The van der Waals surface area contributed by atoms with Gasteiger partial charge in [-0.1, -0.05) is 13.8 Å². The van der Waals surface area contributed by atoms with E-state index < -0.39 is 11.6 Å². The number of rotatable bonds is 3. The second kappa shape index (κ2) is 5.36. The predicted octanol–water partition coefficient (Wildman–Crippen LogP) is 3.64. The summed E-state index contributed by atoms with van der Waals surface area (Å²) in [5, 5.41) is 3.68. The molecular formula is C13H17F2NS. The number of hydrogen-bond acceptors (Lipinski definition) is 2. The number of hydrogen-bond donors (Lipinski definition) is 1. The molecule has 1 heterocycles. The summed E-state index contributed by atoms with van der Waals surface area (Å²) in [5.41, 5.74) is 1.46. The molecule has 1 aromatic carbocycles. The Morgan fingerprint density at radius 3 is 2.76 bits per heavy atom. The molecule has 1 aliphatic rings. The lowest BCUT2D eigenvalue weighted by atomic mass is 9.95. The molecule has 0 radical (unpaired) electrons. The highest BCUT2D eigenvalue weighted by molar-refractivity contribution is 7.99. The van der Waals surface area contributed by atoms with Crippen LogP contribution in [0.4, 0.5) is 8.78 Å². The van der Waals surface area contributed by atoms with Crippen molar-refractivity contribution >= 4 is 11.8 Å². The first kappa shape index (κ1) is 12.8. The quantitative estimate of drug-likeness (QED) is 0.887. The highest BCUT2D eigenvalue weighted by Gasteiger charge is 2.31. The summed E-state index contributed by atoms with van der Waals surface area (Å²) in [5.74, 6) is -0.193. The maximum Gasteiger partial charge on any atom is 0.131 e. The molecule has 2 unspecified atom stereocenters. The van der Waals surface area contributed by atoms with Crippen molar-refractivity contribution < 1.29 is 8.78 Å². The lowest BCUT2D eigenvalue weighted by molar-refractivity contribution is 0.476. The van der Waals surface area contributed by atoms with Crippen molar-refractivity contribution in [3.8, 4) is 0 Å². The van der Waals surface area contributed by atoms with E-state index in [2.05, 4.69) is 12.2 Å². The first-order valence-electron chi connectivity index (χ1n) is 6.00. The monoisotopic (exact) mass is 257 g/mol. The Morgan fingerprint density at radius 2 is 2.12 bits per heavy atom. The summed E-state index contributed by atoms with van der Waals surface area (Å²) < 4.78 is 27.1. The third-order valence-corrected chi connectivity index (χ3v) is 4.65. The molecule has 2 rings (SSSR count). The van der Waals surface area contributed by atoms with Crippen molar-refractivity contribution in [1.82, 2.24) is 5.32 Å². The number of fused-ring (bicyclic) bond motifs is 1. The average molecular weight is 257 g/mol. The molecule has 0 fully saturated rings. The van der Waals surface area contributed by atoms with E-state index in [-0.39, 0.29) is 6.04 Å². The van der Waals surface area contributed by atoms with E-state index in [1.54, 1.807) is 11.8 Å². The van der Waals surface area contributed by atoms with Crippen LogP contribution in [0.25, 0.3) is 0 Å². The molecule has 2 atom stereocenters. The molecule has 0 saturated carbocycles. The minimum atomic E-state index is -0.480. The van der Waals surface area contributed by atoms with Crippen molar-refractivity contribution in [2.24, 2.45) is 0 Å². The summed E-state index contributed by atoms with van der Waals surface area (Å²) in [4.78, 5) is 0. The van der Waals surface area contributed by atoms with Gasteiger partial charge in [-0.05, 0) is 24.6 Å². The molecule has 4 heteroatoms. The van der Waals surface area contributed by atoms with E-state index in [4.69, 9.17) is 0 Å². The van der Waals surface area contributed by atoms with Crippen molar-refractivity contribution in [3.05, 3.63) is 34.9 Å². The van der Waals surface area contributed by atoms with Crippen LogP contribution in [0.3, 0.4) is 0 Å². The van der Waals surface area contributed by atoms with Crippen LogP contribution < -0.4 is 5.32 Å². The summed E-state index contributed by atoms with van der Waals surface area (Å²) >= 11 is 1.78. The first-order chi connectivity index (χ1) is 8.17. The summed E-state index contributed by atoms with van der Waals surface area (Å²) in [7, 11) is 0. The smallest absolute Gasteiger partial charge is 0.131 e. The third kappa shape index (κ3) is 2.47. The lowest BCUT2D eigenvalue weighted by Crippen LogP contribution is -2.34. The van der Waals surface area contributed by atoms with Gasteiger partial charge in [0.2, 0.25) is 0 Å². The van der Waals surface area contributed by atoms with Crippen LogP contribution in [0.5, 0.6) is 0 Å². The standard InChI is InChI=1S/C13H17F2NS/c1-3-11-13(16-4-2)12-8(7-17-11)5-9(14)6-10(12)15/h5-6,11,13,16H,3-4,7H2,1-2H3. The van der Waals surface area contributed by atoms with Gasteiger partial charge in [0.05, 0.1) is 0 Å². The zero-order valence-corrected chi connectivity index (χ0v) is 10.9. The SMILES string of the molecule is CCNC1c2c(F)cc(F)cc2CSC1CC. The summed E-state index contributed by atoms with van der Waals surface area (Å²) in [6.07, 6.45) is 0.985. The number of thioether (sulfide) groups is 1. The number of halogens is 2. The van der Waals surface area contributed by atoms with Crippen molar-refractivity contribution in [2.75, 3.05) is 6.54 Å². The predicted molar refractivity (Wildman–Crippen MR) is 68.1 cm³/mol. The first-order valence-corrected chi connectivity index (χ1v) is 7.05. The zero-order valence-electron chi connectivity index (χ0n) is 10.1. The Kier molecular flexibility index (Phi) is 4.05. The van der Waals surface area contributed by atoms with E-state index in [0.29, 0.717) is 16.6 Å². The van der Waals surface area contributed by atoms with Crippen molar-refractivity contribution in [2.45, 2.75) is 37.3 Å². The topological polar surface area (TPSA) is 12.0 Å². The third-order valence-electron chi connectivity index (χ3n) is 3.14. The average Bonchev–Trinajstić information content (AvgIpc) is 2.29. The Balaban J connectivity index is 2.44. The van der Waals surface area contributed by atoms with E-state index in [9.17, 15) is 8.78 Å². The molecule has 1 nitrogen and oxygen atoms in total. The summed E-state index contributed by atoms with van der Waals surface area (Å²) in [6.45, 7) is 4.90. The molecule has 17 heavy (non-hydrogen) atoms. The fourth-order valence-corrected chi connectivity index (χ4v) is 3.68. The van der Waals surface area contributed by atoms with E-state index in [0.717, 1.165) is 24.6 Å². The van der Waals surface area contributed by atoms with E-state index in [1.807, 2.05) is 6.92 Å². The van der Waals surface area contributed by atoms with Crippen LogP contribution in [0.1, 0.15) is 37.4 Å². The molecule has 94 valence electrons. The van der Waals surface area contributed by atoms with Gasteiger partial charge in [0.1, 0.15) is 11.6 Å². The molecule has 1 aromatic rings. The van der Waals surface area contributed by atoms with Crippen LogP contribution in [-0.2, 0) is 5.75 Å². The van der Waals surface area contributed by atoms with E-state index in [1.165, 1.54) is 6.07 Å².